The van der Waals surface area contributed by atoms with Gasteiger partial charge < -0.3 is 15.2 Å². The Morgan fingerprint density at radius 2 is 2.22 bits per heavy atom. The Labute approximate surface area is 111 Å². The van der Waals surface area contributed by atoms with Gasteiger partial charge >= 0.3 is 5.97 Å². The molecule has 0 saturated heterocycles. The number of nitrogen functional groups attached to an aromatic ring is 1. The maximum atomic E-state index is 11.5. The molecular formula is C12H15ClN2O3. The Bertz CT molecular complexity index is 500. The largest absolute Gasteiger partial charge is 0.495 e. The first kappa shape index (κ1) is 14.3. The summed E-state index contributed by atoms with van der Waals surface area (Å²) >= 11 is 0. The van der Waals surface area contributed by atoms with Gasteiger partial charge in [-0.2, -0.15) is 0 Å². The maximum Gasteiger partial charge on any atom is 0.353 e. The van der Waals surface area contributed by atoms with E-state index in [0.717, 1.165) is 5.56 Å². The topological polar surface area (TPSA) is 73.9 Å². The third kappa shape index (κ3) is 2.56. The fourth-order valence-corrected chi connectivity index (χ4v) is 1.75. The maximum absolute atomic E-state index is 11.5. The second-order valence-electron chi connectivity index (χ2n) is 3.68. The van der Waals surface area contributed by atoms with E-state index in [1.165, 1.54) is 0 Å². The van der Waals surface area contributed by atoms with E-state index in [1.54, 1.807) is 26.2 Å². The number of benzene rings is 1. The molecule has 5 nitrogen and oxygen atoms in total. The minimum absolute atomic E-state index is 0. The molecule has 1 aliphatic heterocycles. The van der Waals surface area contributed by atoms with Crippen LogP contribution in [0.15, 0.2) is 17.1 Å². The number of esters is 1. The van der Waals surface area contributed by atoms with Gasteiger partial charge in [-0.15, -0.1) is 12.4 Å². The number of hydrogen-bond donors (Lipinski definition) is 1. The molecule has 0 aromatic heterocycles. The second kappa shape index (κ2) is 5.73. The summed E-state index contributed by atoms with van der Waals surface area (Å²) in [5.41, 5.74) is 8.34. The third-order valence-electron chi connectivity index (χ3n) is 2.56. The minimum atomic E-state index is -0.374. The number of carbonyl (C=O) groups is 1. The lowest BCUT2D eigenvalue weighted by molar-refractivity contribution is -0.135. The highest BCUT2D eigenvalue weighted by atomic mass is 35.5. The molecule has 0 amide bonds. The SMILES string of the molecule is CCOC(=O)C1=Nc2cc(N)c(OC)cc2C1.Cl. The summed E-state index contributed by atoms with van der Waals surface area (Å²) in [7, 11) is 1.56. The summed E-state index contributed by atoms with van der Waals surface area (Å²) in [4.78, 5) is 15.8. The number of nitrogens with two attached hydrogens (primary N) is 1. The van der Waals surface area contributed by atoms with Gasteiger partial charge in [0, 0.05) is 6.42 Å². The summed E-state index contributed by atoms with van der Waals surface area (Å²) in [5.74, 6) is 0.227. The Kier molecular flexibility index (Phi) is 4.55. The van der Waals surface area contributed by atoms with Crippen molar-refractivity contribution in [1.29, 1.82) is 0 Å². The lowest BCUT2D eigenvalue weighted by atomic mass is 10.1. The Balaban J connectivity index is 0.00000162. The van der Waals surface area contributed by atoms with Gasteiger partial charge in [-0.25, -0.2) is 9.79 Å². The number of carbonyl (C=O) groups excluding carboxylic acids is 1. The van der Waals surface area contributed by atoms with Gasteiger partial charge in [-0.1, -0.05) is 0 Å². The predicted octanol–water partition coefficient (Wildman–Crippen LogP) is 1.89. The van der Waals surface area contributed by atoms with E-state index < -0.39 is 0 Å². The van der Waals surface area contributed by atoms with Crippen molar-refractivity contribution >= 4 is 35.5 Å². The molecular weight excluding hydrogens is 256 g/mol. The predicted molar refractivity (Wildman–Crippen MR) is 72.1 cm³/mol. The zero-order valence-electron chi connectivity index (χ0n) is 10.2. The fourth-order valence-electron chi connectivity index (χ4n) is 1.75. The lowest BCUT2D eigenvalue weighted by Gasteiger charge is -2.06. The van der Waals surface area contributed by atoms with Crippen LogP contribution >= 0.6 is 12.4 Å². The number of hydrogen-bond acceptors (Lipinski definition) is 5. The van der Waals surface area contributed by atoms with E-state index in [4.69, 9.17) is 15.2 Å². The Hall–Kier alpha value is -1.75. The summed E-state index contributed by atoms with van der Waals surface area (Å²) in [6.45, 7) is 2.11. The monoisotopic (exact) mass is 270 g/mol. The van der Waals surface area contributed by atoms with Crippen molar-refractivity contribution in [2.75, 3.05) is 19.5 Å². The van der Waals surface area contributed by atoms with Gasteiger partial charge in [0.15, 0.2) is 0 Å². The molecule has 0 aliphatic carbocycles. The van der Waals surface area contributed by atoms with Gasteiger partial charge in [-0.05, 0) is 24.6 Å². The number of fused-ring (bicyclic) bond motifs is 1. The molecule has 2 rings (SSSR count). The number of halogens is 1. The molecule has 0 saturated carbocycles. The number of aliphatic imine (C=N–C) groups is 1. The van der Waals surface area contributed by atoms with Crippen molar-refractivity contribution in [2.24, 2.45) is 4.99 Å². The van der Waals surface area contributed by atoms with Gasteiger partial charge in [0.05, 0.1) is 25.1 Å². The summed E-state index contributed by atoms with van der Waals surface area (Å²) in [5, 5.41) is 0. The number of anilines is 1. The second-order valence-corrected chi connectivity index (χ2v) is 3.68. The van der Waals surface area contributed by atoms with E-state index in [9.17, 15) is 4.79 Å². The molecule has 2 N–H and O–H groups in total. The highest BCUT2D eigenvalue weighted by molar-refractivity contribution is 6.38. The molecule has 6 heteroatoms. The molecule has 98 valence electrons. The van der Waals surface area contributed by atoms with Crippen LogP contribution < -0.4 is 10.5 Å². The van der Waals surface area contributed by atoms with Gasteiger partial charge in [-0.3, -0.25) is 0 Å². The smallest absolute Gasteiger partial charge is 0.353 e. The van der Waals surface area contributed by atoms with Crippen molar-refractivity contribution in [1.82, 2.24) is 0 Å². The average molecular weight is 271 g/mol. The quantitative estimate of drug-likeness (QED) is 0.672. The molecule has 1 aromatic rings. The highest BCUT2D eigenvalue weighted by Gasteiger charge is 2.22. The summed E-state index contributed by atoms with van der Waals surface area (Å²) < 4.78 is 10.0. The number of nitrogens with zero attached hydrogens (tertiary/aromatic N) is 1. The van der Waals surface area contributed by atoms with E-state index in [2.05, 4.69) is 4.99 Å². The molecule has 0 unspecified atom stereocenters. The Morgan fingerprint density at radius 1 is 1.50 bits per heavy atom. The molecule has 0 spiro atoms. The van der Waals surface area contributed by atoms with Crippen LogP contribution in [-0.2, 0) is 16.0 Å². The van der Waals surface area contributed by atoms with Crippen LogP contribution in [0.2, 0.25) is 0 Å². The molecule has 0 bridgehead atoms. The summed E-state index contributed by atoms with van der Waals surface area (Å²) in [6, 6.07) is 3.51. The molecule has 18 heavy (non-hydrogen) atoms. The van der Waals surface area contributed by atoms with Crippen molar-refractivity contribution in [3.63, 3.8) is 0 Å². The van der Waals surface area contributed by atoms with Crippen molar-refractivity contribution in [3.8, 4) is 5.75 Å². The van der Waals surface area contributed by atoms with E-state index in [1.807, 2.05) is 0 Å². The normalized spacial score (nSPS) is 12.2. The third-order valence-corrected chi connectivity index (χ3v) is 2.56. The number of ether oxygens (including phenoxy) is 2. The molecule has 0 fully saturated rings. The molecule has 1 heterocycles. The van der Waals surface area contributed by atoms with Crippen LogP contribution in [0.3, 0.4) is 0 Å². The van der Waals surface area contributed by atoms with Crippen LogP contribution in [0, 0.1) is 0 Å². The van der Waals surface area contributed by atoms with Crippen LogP contribution in [0.1, 0.15) is 12.5 Å². The summed E-state index contributed by atoms with van der Waals surface area (Å²) in [6.07, 6.45) is 0.463. The van der Waals surface area contributed by atoms with Gasteiger partial charge in [0.25, 0.3) is 0 Å². The zero-order valence-corrected chi connectivity index (χ0v) is 11.0. The zero-order chi connectivity index (χ0) is 12.4. The Morgan fingerprint density at radius 3 is 2.83 bits per heavy atom. The van der Waals surface area contributed by atoms with Crippen LogP contribution in [0.4, 0.5) is 11.4 Å². The lowest BCUT2D eigenvalue weighted by Crippen LogP contribution is -2.17. The molecule has 1 aromatic carbocycles. The van der Waals surface area contributed by atoms with E-state index >= 15 is 0 Å². The molecule has 0 atom stereocenters. The van der Waals surface area contributed by atoms with E-state index in [0.29, 0.717) is 35.9 Å². The number of methoxy groups -OCH3 is 1. The van der Waals surface area contributed by atoms with Crippen molar-refractivity contribution in [2.45, 2.75) is 13.3 Å². The van der Waals surface area contributed by atoms with E-state index in [-0.39, 0.29) is 18.4 Å². The fraction of sp³-hybridized carbons (Fsp3) is 0.333. The first-order valence-corrected chi connectivity index (χ1v) is 5.36. The molecule has 1 aliphatic rings. The van der Waals surface area contributed by atoms with Gasteiger partial charge in [0.2, 0.25) is 0 Å². The van der Waals surface area contributed by atoms with Crippen LogP contribution in [0.25, 0.3) is 0 Å². The first-order valence-electron chi connectivity index (χ1n) is 5.36. The average Bonchev–Trinajstić information content (AvgIpc) is 2.71. The molecule has 0 radical (unpaired) electrons. The highest BCUT2D eigenvalue weighted by Crippen LogP contribution is 2.35. The van der Waals surface area contributed by atoms with Gasteiger partial charge in [0.1, 0.15) is 11.5 Å². The van der Waals surface area contributed by atoms with Crippen molar-refractivity contribution in [3.05, 3.63) is 17.7 Å². The minimum Gasteiger partial charge on any atom is -0.495 e. The first-order chi connectivity index (χ1) is 8.15. The number of rotatable bonds is 3. The van der Waals surface area contributed by atoms with Crippen LogP contribution in [-0.4, -0.2) is 25.4 Å². The van der Waals surface area contributed by atoms with Crippen molar-refractivity contribution < 1.29 is 14.3 Å². The standard InChI is InChI=1S/C12H14N2O3.ClH/c1-3-17-12(15)10-4-7-5-11(16-2)8(13)6-9(7)14-10;/h5-6H,3-4,13H2,1-2H3;1H. The van der Waals surface area contributed by atoms with Crippen LogP contribution in [0.5, 0.6) is 5.75 Å².